The molecule has 0 bridgehead atoms. The number of carbonyl (C=O) groups excluding carboxylic acids is 2. The molecule has 6 nitrogen and oxygen atoms in total. The number of allylic oxidation sites excluding steroid dienone is 5. The van der Waals surface area contributed by atoms with E-state index < -0.39 is 12.1 Å². The van der Waals surface area contributed by atoms with E-state index in [-0.39, 0.29) is 18.5 Å². The fourth-order valence-electron chi connectivity index (χ4n) is 10.1. The highest BCUT2D eigenvalue weighted by Crippen LogP contribution is 2.17. The van der Waals surface area contributed by atoms with Crippen molar-refractivity contribution in [1.82, 2.24) is 5.32 Å². The van der Waals surface area contributed by atoms with Gasteiger partial charge in [-0.3, -0.25) is 9.59 Å². The number of hydrogen-bond donors (Lipinski definition) is 3. The van der Waals surface area contributed by atoms with E-state index in [0.29, 0.717) is 19.4 Å². The lowest BCUT2D eigenvalue weighted by atomic mass is 10.0. The van der Waals surface area contributed by atoms with Crippen molar-refractivity contribution in [2.75, 3.05) is 13.2 Å². The summed E-state index contributed by atoms with van der Waals surface area (Å²) in [7, 11) is 0. The summed E-state index contributed by atoms with van der Waals surface area (Å²) in [4.78, 5) is 24.5. The maximum absolute atomic E-state index is 12.5. The molecule has 0 radical (unpaired) electrons. The molecule has 1 amide bonds. The molecule has 0 aromatic heterocycles. The molecule has 0 aliphatic rings. The molecule has 2 atom stereocenters. The van der Waals surface area contributed by atoms with Crippen LogP contribution in [0, 0.1) is 0 Å². The number of hydrogen-bond acceptors (Lipinski definition) is 5. The van der Waals surface area contributed by atoms with Crippen molar-refractivity contribution < 1.29 is 24.5 Å². The molecule has 0 rings (SSSR count). The second-order valence-corrected chi connectivity index (χ2v) is 22.4. The van der Waals surface area contributed by atoms with Crippen molar-refractivity contribution in [3.05, 3.63) is 36.5 Å². The molecular weight excluding hydrogens is 899 g/mol. The Bertz CT molecular complexity index is 1180. The number of unbranched alkanes of at least 4 members (excludes halogenated alkanes) is 46. The topological polar surface area (TPSA) is 95.9 Å². The third-order valence-corrected chi connectivity index (χ3v) is 15.1. The van der Waals surface area contributed by atoms with Crippen LogP contribution in [0.3, 0.4) is 0 Å². The summed E-state index contributed by atoms with van der Waals surface area (Å²) in [6.45, 7) is 4.90. The lowest BCUT2D eigenvalue weighted by molar-refractivity contribution is -0.143. The van der Waals surface area contributed by atoms with E-state index in [0.717, 1.165) is 51.4 Å². The van der Waals surface area contributed by atoms with Gasteiger partial charge < -0.3 is 20.3 Å². The van der Waals surface area contributed by atoms with Crippen LogP contribution in [-0.2, 0) is 14.3 Å². The Morgan fingerprint density at radius 2 is 0.644 bits per heavy atom. The number of aliphatic hydroxyl groups excluding tert-OH is 2. The van der Waals surface area contributed by atoms with E-state index in [1.165, 1.54) is 276 Å². The van der Waals surface area contributed by atoms with Crippen molar-refractivity contribution in [2.45, 2.75) is 366 Å². The number of ether oxygens (including phenoxy) is 1. The third kappa shape index (κ3) is 59.2. The molecule has 73 heavy (non-hydrogen) atoms. The molecule has 2 unspecified atom stereocenters. The summed E-state index contributed by atoms with van der Waals surface area (Å²) in [6.07, 6.45) is 79.1. The quantitative estimate of drug-likeness (QED) is 0.0320. The Morgan fingerprint density at radius 3 is 0.986 bits per heavy atom. The van der Waals surface area contributed by atoms with Crippen molar-refractivity contribution >= 4 is 11.9 Å². The highest BCUT2D eigenvalue weighted by molar-refractivity contribution is 5.76. The van der Waals surface area contributed by atoms with Gasteiger partial charge in [0.1, 0.15) is 0 Å². The van der Waals surface area contributed by atoms with Gasteiger partial charge in [-0.05, 0) is 83.5 Å². The summed E-state index contributed by atoms with van der Waals surface area (Å²) in [6, 6.07) is -0.637. The Hall–Kier alpha value is -1.92. The van der Waals surface area contributed by atoms with Gasteiger partial charge in [0.2, 0.25) is 5.91 Å². The third-order valence-electron chi connectivity index (χ3n) is 15.1. The van der Waals surface area contributed by atoms with Crippen LogP contribution in [0.25, 0.3) is 0 Å². The number of amides is 1. The minimum atomic E-state index is -0.853. The van der Waals surface area contributed by atoms with Crippen LogP contribution in [0.4, 0.5) is 0 Å². The molecular formula is C67H127NO5. The van der Waals surface area contributed by atoms with E-state index in [9.17, 15) is 19.8 Å². The molecule has 0 saturated heterocycles. The molecule has 0 heterocycles. The van der Waals surface area contributed by atoms with Crippen LogP contribution in [0.2, 0.25) is 0 Å². The zero-order chi connectivity index (χ0) is 52.9. The van der Waals surface area contributed by atoms with E-state index in [1.807, 2.05) is 6.08 Å². The minimum absolute atomic E-state index is 0.00572. The standard InChI is InChI=1S/C67H127NO5/c1-3-5-7-9-11-13-15-17-18-19-20-21-22-23-24-26-29-32-36-39-43-47-51-55-59-65(70)64(63-69)68-66(71)60-56-52-48-44-40-37-33-30-27-25-28-31-34-38-42-46-50-54-58-62-73-67(72)61-57-53-49-45-41-35-16-14-12-10-8-6-4-2/h14,16,25,27,55,59,64-65,69-70H,3-13,15,17-24,26,28-54,56-58,60-63H2,1-2H3,(H,68,71)/b16-14-,27-25-,59-55+. The summed E-state index contributed by atoms with van der Waals surface area (Å²) < 4.78 is 5.47. The van der Waals surface area contributed by atoms with Crippen molar-refractivity contribution in [3.63, 3.8) is 0 Å². The summed E-state index contributed by atoms with van der Waals surface area (Å²) >= 11 is 0. The Morgan fingerprint density at radius 1 is 0.370 bits per heavy atom. The summed E-state index contributed by atoms with van der Waals surface area (Å²) in [5.74, 6) is -0.0803. The second-order valence-electron chi connectivity index (χ2n) is 22.4. The molecule has 0 aromatic carbocycles. The van der Waals surface area contributed by atoms with Gasteiger partial charge in [0.05, 0.1) is 25.4 Å². The van der Waals surface area contributed by atoms with Gasteiger partial charge in [0.25, 0.3) is 0 Å². The van der Waals surface area contributed by atoms with E-state index in [4.69, 9.17) is 4.74 Å². The van der Waals surface area contributed by atoms with Gasteiger partial charge >= 0.3 is 5.97 Å². The molecule has 0 fully saturated rings. The SMILES string of the molecule is CCCCCC/C=C\CCCCCCCC(=O)OCCCCCCCCCC/C=C\CCCCCCCCCC(=O)NC(CO)C(O)/C=C/CCCCCCCCCCCCCCCCCCCCCCCC. The molecule has 0 spiro atoms. The first kappa shape index (κ1) is 71.1. The van der Waals surface area contributed by atoms with Gasteiger partial charge in [-0.2, -0.15) is 0 Å². The molecule has 0 aliphatic heterocycles. The number of rotatable bonds is 61. The van der Waals surface area contributed by atoms with Gasteiger partial charge in [0, 0.05) is 12.8 Å². The number of carbonyl (C=O) groups is 2. The monoisotopic (exact) mass is 1030 g/mol. The van der Waals surface area contributed by atoms with Crippen LogP contribution in [0.15, 0.2) is 36.5 Å². The number of aliphatic hydroxyl groups is 2. The molecule has 3 N–H and O–H groups in total. The maximum Gasteiger partial charge on any atom is 0.305 e. The first-order chi connectivity index (χ1) is 36.0. The predicted molar refractivity (Wildman–Crippen MR) is 319 cm³/mol. The summed E-state index contributed by atoms with van der Waals surface area (Å²) in [5, 5.41) is 23.2. The van der Waals surface area contributed by atoms with Crippen LogP contribution in [-0.4, -0.2) is 47.4 Å². The van der Waals surface area contributed by atoms with E-state index >= 15 is 0 Å². The first-order valence-electron chi connectivity index (χ1n) is 32.8. The normalized spacial score (nSPS) is 12.8. The second kappa shape index (κ2) is 62.6. The molecule has 6 heteroatoms. The largest absolute Gasteiger partial charge is 0.466 e. The average Bonchev–Trinajstić information content (AvgIpc) is 3.39. The fourth-order valence-corrected chi connectivity index (χ4v) is 10.1. The highest BCUT2D eigenvalue weighted by atomic mass is 16.5. The van der Waals surface area contributed by atoms with Crippen LogP contribution < -0.4 is 5.32 Å². The predicted octanol–water partition coefficient (Wildman–Crippen LogP) is 20.8. The van der Waals surface area contributed by atoms with E-state index in [2.05, 4.69) is 43.5 Å². The maximum atomic E-state index is 12.5. The highest BCUT2D eigenvalue weighted by Gasteiger charge is 2.18. The lowest BCUT2D eigenvalue weighted by Crippen LogP contribution is -2.45. The Kier molecular flexibility index (Phi) is 61.0. The number of esters is 1. The molecule has 0 aromatic rings. The zero-order valence-corrected chi connectivity index (χ0v) is 49.1. The molecule has 0 aliphatic carbocycles. The van der Waals surface area contributed by atoms with Crippen molar-refractivity contribution in [3.8, 4) is 0 Å². The van der Waals surface area contributed by atoms with Crippen molar-refractivity contribution in [1.29, 1.82) is 0 Å². The Labute approximate surface area is 455 Å². The summed E-state index contributed by atoms with van der Waals surface area (Å²) in [5.41, 5.74) is 0. The first-order valence-corrected chi connectivity index (χ1v) is 32.8. The van der Waals surface area contributed by atoms with Gasteiger partial charge in [-0.1, -0.05) is 294 Å². The smallest absolute Gasteiger partial charge is 0.305 e. The van der Waals surface area contributed by atoms with Gasteiger partial charge in [-0.15, -0.1) is 0 Å². The van der Waals surface area contributed by atoms with Gasteiger partial charge in [0.15, 0.2) is 0 Å². The van der Waals surface area contributed by atoms with Crippen LogP contribution in [0.1, 0.15) is 354 Å². The minimum Gasteiger partial charge on any atom is -0.466 e. The fraction of sp³-hybridized carbons (Fsp3) is 0.881. The molecule has 430 valence electrons. The average molecular weight is 1030 g/mol. The van der Waals surface area contributed by atoms with E-state index in [1.54, 1.807) is 6.08 Å². The van der Waals surface area contributed by atoms with Crippen molar-refractivity contribution in [2.24, 2.45) is 0 Å². The lowest BCUT2D eigenvalue weighted by Gasteiger charge is -2.20. The number of nitrogens with one attached hydrogen (secondary N) is 1. The molecule has 0 saturated carbocycles. The van der Waals surface area contributed by atoms with Gasteiger partial charge in [-0.25, -0.2) is 0 Å². The van der Waals surface area contributed by atoms with Crippen LogP contribution in [0.5, 0.6) is 0 Å². The Balaban J connectivity index is 3.47. The van der Waals surface area contributed by atoms with Crippen LogP contribution >= 0.6 is 0 Å². The zero-order valence-electron chi connectivity index (χ0n) is 49.1.